The average molecular weight is 197 g/mol. The van der Waals surface area contributed by atoms with Gasteiger partial charge in [0.25, 0.3) is 0 Å². The van der Waals surface area contributed by atoms with Gasteiger partial charge in [0, 0.05) is 18.6 Å². The van der Waals surface area contributed by atoms with Gasteiger partial charge in [0.15, 0.2) is 0 Å². The van der Waals surface area contributed by atoms with E-state index in [0.29, 0.717) is 0 Å². The number of hydrogen-bond donors (Lipinski definition) is 2. The minimum absolute atomic E-state index is 0.0825. The zero-order valence-corrected chi connectivity index (χ0v) is 9.08. The average Bonchev–Trinajstić information content (AvgIpc) is 2.67. The van der Waals surface area contributed by atoms with Crippen LogP contribution >= 0.6 is 0 Å². The maximum atomic E-state index is 9.07. The van der Waals surface area contributed by atoms with Gasteiger partial charge in [0.1, 0.15) is 5.76 Å². The Balaban J connectivity index is 2.39. The van der Waals surface area contributed by atoms with E-state index in [1.54, 1.807) is 6.26 Å². The number of aliphatic hydroxyl groups is 1. The van der Waals surface area contributed by atoms with Crippen molar-refractivity contribution in [3.8, 4) is 0 Å². The lowest BCUT2D eigenvalue weighted by molar-refractivity contribution is 0.152. The van der Waals surface area contributed by atoms with Crippen LogP contribution < -0.4 is 5.32 Å². The Labute approximate surface area is 85.1 Å². The Kier molecular flexibility index (Phi) is 3.72. The van der Waals surface area contributed by atoms with Crippen LogP contribution in [0.5, 0.6) is 0 Å². The molecule has 14 heavy (non-hydrogen) atoms. The summed E-state index contributed by atoms with van der Waals surface area (Å²) in [5, 5.41) is 12.4. The van der Waals surface area contributed by atoms with Crippen molar-refractivity contribution in [3.63, 3.8) is 0 Å². The molecule has 0 aliphatic heterocycles. The van der Waals surface area contributed by atoms with Crippen LogP contribution in [0.4, 0.5) is 0 Å². The molecule has 3 nitrogen and oxygen atoms in total. The van der Waals surface area contributed by atoms with Gasteiger partial charge in [0.2, 0.25) is 0 Å². The number of nitrogens with one attached hydrogen (secondary N) is 1. The van der Waals surface area contributed by atoms with Gasteiger partial charge < -0.3 is 14.8 Å². The van der Waals surface area contributed by atoms with Gasteiger partial charge in [-0.05, 0) is 19.1 Å². The lowest BCUT2D eigenvalue weighted by Gasteiger charge is -2.24. The molecule has 1 rings (SSSR count). The molecule has 1 aromatic heterocycles. The van der Waals surface area contributed by atoms with Gasteiger partial charge in [-0.25, -0.2) is 0 Å². The van der Waals surface area contributed by atoms with Gasteiger partial charge in [-0.15, -0.1) is 0 Å². The molecule has 3 heteroatoms. The van der Waals surface area contributed by atoms with Gasteiger partial charge in [-0.3, -0.25) is 0 Å². The third-order valence-corrected chi connectivity index (χ3v) is 2.28. The second kappa shape index (κ2) is 4.62. The van der Waals surface area contributed by atoms with E-state index >= 15 is 0 Å². The van der Waals surface area contributed by atoms with Crippen molar-refractivity contribution < 1.29 is 9.52 Å². The molecule has 0 spiro atoms. The molecule has 0 amide bonds. The summed E-state index contributed by atoms with van der Waals surface area (Å²) in [5.74, 6) is 0.929. The Bertz CT molecular complexity index is 254. The first-order chi connectivity index (χ1) is 6.55. The summed E-state index contributed by atoms with van der Waals surface area (Å²) in [7, 11) is 0. The van der Waals surface area contributed by atoms with E-state index in [9.17, 15) is 0 Å². The second-order valence-corrected chi connectivity index (χ2v) is 4.44. The summed E-state index contributed by atoms with van der Waals surface area (Å²) in [5.41, 5.74) is -0.0825. The van der Waals surface area contributed by atoms with Gasteiger partial charge in [-0.1, -0.05) is 13.8 Å². The largest absolute Gasteiger partial charge is 0.468 e. The van der Waals surface area contributed by atoms with Crippen molar-refractivity contribution >= 4 is 0 Å². The van der Waals surface area contributed by atoms with Crippen LogP contribution in [-0.2, 0) is 0 Å². The highest BCUT2D eigenvalue weighted by molar-refractivity contribution is 5.03. The summed E-state index contributed by atoms with van der Waals surface area (Å²) in [6.07, 6.45) is 1.67. The van der Waals surface area contributed by atoms with Crippen molar-refractivity contribution in [3.05, 3.63) is 24.2 Å². The van der Waals surface area contributed by atoms with Gasteiger partial charge >= 0.3 is 0 Å². The Morgan fingerprint density at radius 1 is 1.57 bits per heavy atom. The topological polar surface area (TPSA) is 45.4 Å². The molecule has 0 radical (unpaired) electrons. The fraction of sp³-hybridized carbons (Fsp3) is 0.636. The maximum Gasteiger partial charge on any atom is 0.120 e. The molecule has 1 aromatic rings. The molecule has 0 bridgehead atoms. The SMILES string of the molecule is C[C@@H](NCC(C)(C)CO)c1ccco1. The van der Waals surface area contributed by atoms with Crippen LogP contribution in [-0.4, -0.2) is 18.3 Å². The zero-order valence-electron chi connectivity index (χ0n) is 9.08. The maximum absolute atomic E-state index is 9.07. The molecule has 1 atom stereocenters. The molecule has 1 heterocycles. The molecule has 0 aliphatic carbocycles. The molecule has 0 saturated heterocycles. The van der Waals surface area contributed by atoms with E-state index in [4.69, 9.17) is 9.52 Å². The molecule has 80 valence electrons. The Morgan fingerprint density at radius 2 is 2.29 bits per heavy atom. The van der Waals surface area contributed by atoms with Crippen LogP contribution in [0.25, 0.3) is 0 Å². The van der Waals surface area contributed by atoms with Crippen LogP contribution in [0.3, 0.4) is 0 Å². The first-order valence-electron chi connectivity index (χ1n) is 4.93. The molecule has 0 aromatic carbocycles. The molecular formula is C11H19NO2. The summed E-state index contributed by atoms with van der Waals surface area (Å²) in [4.78, 5) is 0. The van der Waals surface area contributed by atoms with E-state index < -0.39 is 0 Å². The first kappa shape index (κ1) is 11.3. The summed E-state index contributed by atoms with van der Waals surface area (Å²) in [6.45, 7) is 7.05. The van der Waals surface area contributed by atoms with Crippen LogP contribution in [0, 0.1) is 5.41 Å². The lowest BCUT2D eigenvalue weighted by atomic mass is 9.94. The summed E-state index contributed by atoms with van der Waals surface area (Å²) in [6, 6.07) is 4.02. The molecular weight excluding hydrogens is 178 g/mol. The lowest BCUT2D eigenvalue weighted by Crippen LogP contribution is -2.33. The molecule has 0 fully saturated rings. The fourth-order valence-electron chi connectivity index (χ4n) is 1.12. The zero-order chi connectivity index (χ0) is 10.6. The van der Waals surface area contributed by atoms with E-state index in [1.165, 1.54) is 0 Å². The van der Waals surface area contributed by atoms with E-state index in [-0.39, 0.29) is 18.1 Å². The van der Waals surface area contributed by atoms with Crippen molar-refractivity contribution in [2.24, 2.45) is 5.41 Å². The van der Waals surface area contributed by atoms with Crippen LogP contribution in [0.15, 0.2) is 22.8 Å². The highest BCUT2D eigenvalue weighted by Gasteiger charge is 2.18. The molecule has 0 unspecified atom stereocenters. The normalized spacial score (nSPS) is 14.3. The van der Waals surface area contributed by atoms with Crippen LogP contribution in [0.1, 0.15) is 32.6 Å². The minimum atomic E-state index is -0.0825. The van der Waals surface area contributed by atoms with Gasteiger partial charge in [-0.2, -0.15) is 0 Å². The molecule has 2 N–H and O–H groups in total. The number of rotatable bonds is 5. The summed E-state index contributed by atoms with van der Waals surface area (Å²) < 4.78 is 5.27. The third kappa shape index (κ3) is 3.16. The van der Waals surface area contributed by atoms with Crippen molar-refractivity contribution in [2.75, 3.05) is 13.2 Å². The number of furan rings is 1. The Hall–Kier alpha value is -0.800. The van der Waals surface area contributed by atoms with Crippen LogP contribution in [0.2, 0.25) is 0 Å². The van der Waals surface area contributed by atoms with E-state index in [2.05, 4.69) is 5.32 Å². The first-order valence-corrected chi connectivity index (χ1v) is 4.93. The van der Waals surface area contributed by atoms with Crippen molar-refractivity contribution in [1.82, 2.24) is 5.32 Å². The summed E-state index contributed by atoms with van der Waals surface area (Å²) >= 11 is 0. The smallest absolute Gasteiger partial charge is 0.120 e. The number of hydrogen-bond acceptors (Lipinski definition) is 3. The minimum Gasteiger partial charge on any atom is -0.468 e. The highest BCUT2D eigenvalue weighted by atomic mass is 16.3. The number of aliphatic hydroxyl groups excluding tert-OH is 1. The van der Waals surface area contributed by atoms with E-state index in [1.807, 2.05) is 32.9 Å². The van der Waals surface area contributed by atoms with Crippen molar-refractivity contribution in [1.29, 1.82) is 0 Å². The standard InChI is InChI=1S/C11H19NO2/c1-9(10-5-4-6-14-10)12-7-11(2,3)8-13/h4-6,9,12-13H,7-8H2,1-3H3/t9-/m1/s1. The molecule has 0 saturated carbocycles. The quantitative estimate of drug-likeness (QED) is 0.758. The predicted octanol–water partition coefficient (Wildman–Crippen LogP) is 1.95. The highest BCUT2D eigenvalue weighted by Crippen LogP contribution is 2.16. The fourth-order valence-corrected chi connectivity index (χ4v) is 1.12. The predicted molar refractivity (Wildman–Crippen MR) is 56.0 cm³/mol. The van der Waals surface area contributed by atoms with Crippen molar-refractivity contribution in [2.45, 2.75) is 26.8 Å². The van der Waals surface area contributed by atoms with E-state index in [0.717, 1.165) is 12.3 Å². The monoisotopic (exact) mass is 197 g/mol. The van der Waals surface area contributed by atoms with Gasteiger partial charge in [0.05, 0.1) is 12.3 Å². The third-order valence-electron chi connectivity index (χ3n) is 2.28. The Morgan fingerprint density at radius 3 is 2.79 bits per heavy atom. The molecule has 0 aliphatic rings. The second-order valence-electron chi connectivity index (χ2n) is 4.44.